The Hall–Kier alpha value is -1.52. The van der Waals surface area contributed by atoms with Gasteiger partial charge in [-0.25, -0.2) is 0 Å². The van der Waals surface area contributed by atoms with Crippen LogP contribution in [-0.2, 0) is 24.5 Å². The number of aliphatic carboxylic acids is 1. The van der Waals surface area contributed by atoms with Gasteiger partial charge in [-0.2, -0.15) is 8.42 Å². The maximum atomic E-state index is 11.6. The van der Waals surface area contributed by atoms with E-state index < -0.39 is 52.0 Å². The Morgan fingerprint density at radius 2 is 1.83 bits per heavy atom. The van der Waals surface area contributed by atoms with E-state index >= 15 is 0 Å². The van der Waals surface area contributed by atoms with Gasteiger partial charge in [0.1, 0.15) is 0 Å². The number of Topliss-reactive ketones (excluding diaryl/α,β-unsaturated/α-hetero) is 1. The third-order valence-corrected chi connectivity index (χ3v) is 3.09. The number of carbonyl (C=O) groups excluding carboxylic acids is 2. The number of carboxylic acids is 1. The summed E-state index contributed by atoms with van der Waals surface area (Å²) < 4.78 is 30.8. The molecule has 0 heterocycles. The predicted octanol–water partition coefficient (Wildman–Crippen LogP) is -2.25. The number of carboxylic acid groups (broad SMARTS) is 1. The van der Waals surface area contributed by atoms with Crippen molar-refractivity contribution in [2.75, 3.05) is 6.54 Å². The van der Waals surface area contributed by atoms with Gasteiger partial charge in [-0.15, -0.1) is 0 Å². The highest BCUT2D eigenvalue weighted by atomic mass is 32.2. The molecule has 9 nitrogen and oxygen atoms in total. The van der Waals surface area contributed by atoms with Crippen LogP contribution in [0.1, 0.15) is 13.3 Å². The first kappa shape index (κ1) is 16.5. The van der Waals surface area contributed by atoms with Crippen molar-refractivity contribution in [3.63, 3.8) is 0 Å². The Bertz CT molecular complexity index is 444. The van der Waals surface area contributed by atoms with Gasteiger partial charge in [0.2, 0.25) is 5.91 Å². The van der Waals surface area contributed by atoms with E-state index in [1.54, 1.807) is 0 Å². The first-order valence-electron chi connectivity index (χ1n) is 4.77. The monoisotopic (exact) mass is 282 g/mol. The Morgan fingerprint density at radius 3 is 2.17 bits per heavy atom. The lowest BCUT2D eigenvalue weighted by atomic mass is 10.1. The summed E-state index contributed by atoms with van der Waals surface area (Å²) in [4.78, 5) is 32.5. The molecule has 0 radical (unpaired) electrons. The van der Waals surface area contributed by atoms with E-state index in [-0.39, 0.29) is 0 Å². The Morgan fingerprint density at radius 1 is 1.33 bits per heavy atom. The zero-order valence-corrected chi connectivity index (χ0v) is 10.3. The lowest BCUT2D eigenvalue weighted by molar-refractivity contribution is -0.139. The maximum absolute atomic E-state index is 11.6. The van der Waals surface area contributed by atoms with Gasteiger partial charge in [0.25, 0.3) is 10.1 Å². The molecule has 0 fully saturated rings. The topological polar surface area (TPSA) is 164 Å². The number of hydrogen-bond donors (Lipinski definition) is 4. The third-order valence-electron chi connectivity index (χ3n) is 1.97. The fourth-order valence-corrected chi connectivity index (χ4v) is 1.88. The summed E-state index contributed by atoms with van der Waals surface area (Å²) in [5, 5.41) is 8.48. The van der Waals surface area contributed by atoms with Gasteiger partial charge in [-0.05, 0) is 0 Å². The van der Waals surface area contributed by atoms with E-state index in [9.17, 15) is 22.8 Å². The van der Waals surface area contributed by atoms with E-state index in [1.165, 1.54) is 0 Å². The summed E-state index contributed by atoms with van der Waals surface area (Å²) in [6, 6.07) is -1.58. The second kappa shape index (κ2) is 6.42. The van der Waals surface area contributed by atoms with Crippen molar-refractivity contribution in [3.8, 4) is 0 Å². The quantitative estimate of drug-likeness (QED) is 0.380. The fourth-order valence-electron chi connectivity index (χ4n) is 1.12. The van der Waals surface area contributed by atoms with Gasteiger partial charge < -0.3 is 16.2 Å². The van der Waals surface area contributed by atoms with Crippen LogP contribution >= 0.6 is 0 Å². The van der Waals surface area contributed by atoms with Gasteiger partial charge in [-0.1, -0.05) is 0 Å². The van der Waals surface area contributed by atoms with Crippen LogP contribution in [-0.4, -0.2) is 53.6 Å². The van der Waals surface area contributed by atoms with Crippen LogP contribution in [0.2, 0.25) is 0 Å². The molecule has 5 N–H and O–H groups in total. The Kier molecular flexibility index (Phi) is 5.88. The summed E-state index contributed by atoms with van der Waals surface area (Å²) >= 11 is 0. The number of hydrogen-bond acceptors (Lipinski definition) is 6. The van der Waals surface area contributed by atoms with E-state index in [1.807, 2.05) is 5.32 Å². The molecule has 0 rings (SSSR count). The van der Waals surface area contributed by atoms with Gasteiger partial charge in [0, 0.05) is 13.5 Å². The summed E-state index contributed by atoms with van der Waals surface area (Å²) in [6.07, 6.45) is -0.773. The smallest absolute Gasteiger partial charge is 0.305 e. The number of nitrogens with one attached hydrogen (secondary N) is 1. The van der Waals surface area contributed by atoms with Crippen molar-refractivity contribution in [2.45, 2.75) is 24.6 Å². The van der Waals surface area contributed by atoms with Crippen LogP contribution in [0.3, 0.4) is 0 Å². The van der Waals surface area contributed by atoms with Crippen molar-refractivity contribution in [3.05, 3.63) is 0 Å². The minimum absolute atomic E-state index is 0.608. The fraction of sp³-hybridized carbons (Fsp3) is 0.625. The molecule has 18 heavy (non-hydrogen) atoms. The van der Waals surface area contributed by atoms with Crippen LogP contribution in [0.4, 0.5) is 0 Å². The SMILES string of the molecule is CC(=O)NCC(C(=O)C(N)CC(=O)O)S(=O)(=O)O. The first-order chi connectivity index (χ1) is 8.05. The van der Waals surface area contributed by atoms with E-state index in [0.29, 0.717) is 0 Å². The number of carbonyl (C=O) groups is 3. The highest BCUT2D eigenvalue weighted by molar-refractivity contribution is 7.87. The number of nitrogens with two attached hydrogens (primary N) is 1. The summed E-state index contributed by atoms with van der Waals surface area (Å²) in [7, 11) is -4.78. The highest BCUT2D eigenvalue weighted by Gasteiger charge is 2.35. The van der Waals surface area contributed by atoms with Crippen LogP contribution in [0, 0.1) is 0 Å². The molecular formula is C8H14N2O7S. The maximum Gasteiger partial charge on any atom is 0.305 e. The molecule has 0 aromatic heterocycles. The number of amides is 1. The average Bonchev–Trinajstić information content (AvgIpc) is 2.13. The summed E-state index contributed by atoms with van der Waals surface area (Å²) in [5.41, 5.74) is 5.20. The highest BCUT2D eigenvalue weighted by Crippen LogP contribution is 2.04. The standard InChI is InChI=1S/C8H14N2O7S/c1-4(11)10-3-6(18(15,16)17)8(14)5(9)2-7(12)13/h5-6H,2-3,9H2,1H3,(H,10,11)(H,12,13)(H,15,16,17). The summed E-state index contributed by atoms with van der Waals surface area (Å²) in [5.74, 6) is -3.17. The molecule has 2 atom stereocenters. The van der Waals surface area contributed by atoms with Crippen molar-refractivity contribution < 1.29 is 32.5 Å². The summed E-state index contributed by atoms with van der Waals surface area (Å²) in [6.45, 7) is 0.420. The van der Waals surface area contributed by atoms with Crippen LogP contribution in [0.25, 0.3) is 0 Å². The van der Waals surface area contributed by atoms with Crippen LogP contribution < -0.4 is 11.1 Å². The molecule has 0 aliphatic carbocycles. The average molecular weight is 282 g/mol. The minimum atomic E-state index is -4.78. The molecule has 0 aromatic rings. The Balaban J connectivity index is 4.92. The zero-order valence-electron chi connectivity index (χ0n) is 9.49. The molecule has 0 bridgehead atoms. The predicted molar refractivity (Wildman–Crippen MR) is 59.3 cm³/mol. The largest absolute Gasteiger partial charge is 0.481 e. The van der Waals surface area contributed by atoms with E-state index in [0.717, 1.165) is 6.92 Å². The van der Waals surface area contributed by atoms with Crippen LogP contribution in [0.5, 0.6) is 0 Å². The van der Waals surface area contributed by atoms with Gasteiger partial charge in [0.15, 0.2) is 11.0 Å². The molecule has 0 aliphatic heterocycles. The van der Waals surface area contributed by atoms with Crippen molar-refractivity contribution in [2.24, 2.45) is 5.73 Å². The number of rotatable bonds is 7. The molecule has 10 heteroatoms. The third kappa shape index (κ3) is 5.70. The molecule has 0 saturated heterocycles. The normalized spacial score (nSPS) is 14.6. The van der Waals surface area contributed by atoms with Crippen molar-refractivity contribution >= 4 is 27.8 Å². The molecule has 104 valence electrons. The lowest BCUT2D eigenvalue weighted by Gasteiger charge is -2.16. The molecule has 0 aliphatic rings. The number of ketones is 1. The Labute approximate surface area is 103 Å². The lowest BCUT2D eigenvalue weighted by Crippen LogP contribution is -2.48. The van der Waals surface area contributed by atoms with Crippen molar-refractivity contribution in [1.29, 1.82) is 0 Å². The van der Waals surface area contributed by atoms with Gasteiger partial charge in [0.05, 0.1) is 12.5 Å². The molecule has 2 unspecified atom stereocenters. The molecule has 0 spiro atoms. The van der Waals surface area contributed by atoms with Gasteiger partial charge >= 0.3 is 5.97 Å². The van der Waals surface area contributed by atoms with Crippen molar-refractivity contribution in [1.82, 2.24) is 5.32 Å². The zero-order chi connectivity index (χ0) is 14.5. The molecule has 0 aromatic carbocycles. The van der Waals surface area contributed by atoms with E-state index in [2.05, 4.69) is 0 Å². The molecule has 1 amide bonds. The van der Waals surface area contributed by atoms with Gasteiger partial charge in [-0.3, -0.25) is 18.9 Å². The molecular weight excluding hydrogens is 268 g/mol. The second-order valence-electron chi connectivity index (χ2n) is 3.55. The molecule has 0 saturated carbocycles. The minimum Gasteiger partial charge on any atom is -0.481 e. The van der Waals surface area contributed by atoms with E-state index in [4.69, 9.17) is 15.4 Å². The van der Waals surface area contributed by atoms with Crippen LogP contribution in [0.15, 0.2) is 0 Å². The first-order valence-corrected chi connectivity index (χ1v) is 6.28. The second-order valence-corrected chi connectivity index (χ2v) is 5.15.